The molecule has 3 rings (SSSR count). The monoisotopic (exact) mass is 375 g/mol. The molecule has 0 saturated heterocycles. The minimum atomic E-state index is -0.116. The number of amides is 1. The highest BCUT2D eigenvalue weighted by atomic mass is 16.5. The van der Waals surface area contributed by atoms with Crippen LogP contribution in [0, 0.1) is 0 Å². The summed E-state index contributed by atoms with van der Waals surface area (Å²) in [6, 6.07) is 21.7. The number of benzene rings is 2. The van der Waals surface area contributed by atoms with Crippen molar-refractivity contribution in [3.8, 4) is 5.75 Å². The summed E-state index contributed by atoms with van der Waals surface area (Å²) in [5.74, 6) is 0.708. The summed E-state index contributed by atoms with van der Waals surface area (Å²) in [7, 11) is 0. The van der Waals surface area contributed by atoms with Crippen LogP contribution in [0.5, 0.6) is 5.75 Å². The van der Waals surface area contributed by atoms with Crippen molar-refractivity contribution in [2.45, 2.75) is 19.4 Å². The quantitative estimate of drug-likeness (QED) is 0.580. The minimum Gasteiger partial charge on any atom is -0.492 e. The number of nitrogens with zero attached hydrogens (tertiary/aromatic N) is 1. The molecule has 0 aliphatic carbocycles. The summed E-state index contributed by atoms with van der Waals surface area (Å²) in [6.45, 7) is 3.12. The maximum atomic E-state index is 12.3. The molecule has 0 bridgehead atoms. The van der Waals surface area contributed by atoms with Crippen LogP contribution < -0.4 is 15.4 Å². The summed E-state index contributed by atoms with van der Waals surface area (Å²) >= 11 is 0. The zero-order valence-electron chi connectivity index (χ0n) is 16.0. The van der Waals surface area contributed by atoms with Crippen LogP contribution in [0.3, 0.4) is 0 Å². The van der Waals surface area contributed by atoms with Gasteiger partial charge in [-0.25, -0.2) is 0 Å². The Bertz CT molecular complexity index is 869. The van der Waals surface area contributed by atoms with Crippen molar-refractivity contribution in [2.24, 2.45) is 0 Å². The summed E-state index contributed by atoms with van der Waals surface area (Å²) in [4.78, 5) is 16.3. The first-order valence-electron chi connectivity index (χ1n) is 9.49. The van der Waals surface area contributed by atoms with Crippen LogP contribution in [0.2, 0.25) is 0 Å². The molecule has 1 heterocycles. The number of nitrogens with one attached hydrogen (secondary N) is 2. The van der Waals surface area contributed by atoms with E-state index in [1.807, 2.05) is 49.4 Å². The average molecular weight is 375 g/mol. The van der Waals surface area contributed by atoms with Gasteiger partial charge in [0.1, 0.15) is 5.75 Å². The van der Waals surface area contributed by atoms with Gasteiger partial charge in [0, 0.05) is 18.9 Å². The molecule has 5 heteroatoms. The van der Waals surface area contributed by atoms with Gasteiger partial charge in [0.25, 0.3) is 5.91 Å². The van der Waals surface area contributed by atoms with Crippen LogP contribution in [-0.2, 0) is 0 Å². The third-order valence-corrected chi connectivity index (χ3v) is 4.36. The van der Waals surface area contributed by atoms with Gasteiger partial charge in [-0.2, -0.15) is 0 Å². The lowest BCUT2D eigenvalue weighted by Gasteiger charge is -2.22. The Morgan fingerprint density at radius 3 is 2.57 bits per heavy atom. The molecule has 144 valence electrons. The van der Waals surface area contributed by atoms with E-state index in [1.165, 1.54) is 0 Å². The van der Waals surface area contributed by atoms with Crippen LogP contribution in [0.1, 0.15) is 35.3 Å². The summed E-state index contributed by atoms with van der Waals surface area (Å²) < 4.78 is 5.74. The first-order chi connectivity index (χ1) is 13.8. The molecular formula is C23H25N3O2. The molecule has 28 heavy (non-hydrogen) atoms. The maximum absolute atomic E-state index is 12.3. The van der Waals surface area contributed by atoms with Gasteiger partial charge in [0.2, 0.25) is 0 Å². The highest BCUT2D eigenvalue weighted by Crippen LogP contribution is 2.29. The molecule has 0 fully saturated rings. The predicted molar refractivity (Wildman–Crippen MR) is 112 cm³/mol. The number of carbonyl (C=O) groups is 1. The number of aromatic nitrogens is 1. The molecule has 2 aromatic carbocycles. The third-order valence-electron chi connectivity index (χ3n) is 4.36. The van der Waals surface area contributed by atoms with E-state index in [9.17, 15) is 4.79 Å². The van der Waals surface area contributed by atoms with E-state index in [0.29, 0.717) is 18.7 Å². The lowest BCUT2D eigenvalue weighted by atomic mass is 10.0. The first-order valence-corrected chi connectivity index (χ1v) is 9.49. The molecule has 1 aromatic heterocycles. The lowest BCUT2D eigenvalue weighted by Crippen LogP contribution is -2.27. The van der Waals surface area contributed by atoms with E-state index in [-0.39, 0.29) is 11.9 Å². The van der Waals surface area contributed by atoms with Crippen molar-refractivity contribution in [3.05, 3.63) is 90.3 Å². The molecule has 0 spiro atoms. The molecule has 1 unspecified atom stereocenters. The van der Waals surface area contributed by atoms with Gasteiger partial charge < -0.3 is 15.4 Å². The number of pyridine rings is 1. The first kappa shape index (κ1) is 19.4. The number of hydrogen-bond acceptors (Lipinski definition) is 4. The third kappa shape index (κ3) is 5.33. The largest absolute Gasteiger partial charge is 0.492 e. The van der Waals surface area contributed by atoms with Crippen molar-refractivity contribution in [2.75, 3.05) is 18.5 Å². The molecule has 0 aliphatic heterocycles. The minimum absolute atomic E-state index is 0.0389. The molecule has 0 radical (unpaired) electrons. The van der Waals surface area contributed by atoms with Crippen molar-refractivity contribution < 1.29 is 9.53 Å². The Morgan fingerprint density at radius 1 is 1.04 bits per heavy atom. The second kappa shape index (κ2) is 10.1. The highest BCUT2D eigenvalue weighted by molar-refractivity contribution is 5.93. The maximum Gasteiger partial charge on any atom is 0.252 e. The lowest BCUT2D eigenvalue weighted by molar-refractivity contribution is 0.0952. The normalized spacial score (nSPS) is 11.5. The van der Waals surface area contributed by atoms with Crippen LogP contribution >= 0.6 is 0 Å². The van der Waals surface area contributed by atoms with E-state index < -0.39 is 0 Å². The fourth-order valence-electron chi connectivity index (χ4n) is 2.99. The Hall–Kier alpha value is -3.34. The Labute approximate surface area is 165 Å². The zero-order chi connectivity index (χ0) is 19.6. The number of ether oxygens (including phenoxy) is 1. The number of hydrogen-bond donors (Lipinski definition) is 2. The highest BCUT2D eigenvalue weighted by Gasteiger charge is 2.14. The Kier molecular flexibility index (Phi) is 7.01. The van der Waals surface area contributed by atoms with Crippen LogP contribution in [-0.4, -0.2) is 24.0 Å². The summed E-state index contributed by atoms with van der Waals surface area (Å²) in [6.07, 6.45) is 3.96. The molecule has 0 saturated carbocycles. The van der Waals surface area contributed by atoms with Gasteiger partial charge in [0.15, 0.2) is 0 Å². The van der Waals surface area contributed by atoms with Gasteiger partial charge in [-0.15, -0.1) is 0 Å². The number of carbonyl (C=O) groups excluding carboxylic acids is 1. The standard InChI is InChI=1S/C23H25N3O2/c1-2-28-22-13-7-6-12-21(22)26-20(18-9-4-3-5-10-18)14-16-25-23(27)19-11-8-15-24-17-19/h3-13,15,17,20,26H,2,14,16H2,1H3,(H,25,27). The topological polar surface area (TPSA) is 63.2 Å². The molecule has 1 atom stereocenters. The number of rotatable bonds is 9. The van der Waals surface area contributed by atoms with E-state index in [1.54, 1.807) is 24.5 Å². The molecule has 0 aliphatic rings. The average Bonchev–Trinajstić information content (AvgIpc) is 2.75. The fourth-order valence-corrected chi connectivity index (χ4v) is 2.99. The fraction of sp³-hybridized carbons (Fsp3) is 0.217. The molecular weight excluding hydrogens is 350 g/mol. The van der Waals surface area contributed by atoms with E-state index in [0.717, 1.165) is 23.4 Å². The van der Waals surface area contributed by atoms with Crippen LogP contribution in [0.4, 0.5) is 5.69 Å². The second-order valence-electron chi connectivity index (χ2n) is 6.32. The predicted octanol–water partition coefficient (Wildman–Crippen LogP) is 4.45. The summed E-state index contributed by atoms with van der Waals surface area (Å²) in [5.41, 5.74) is 2.66. The molecule has 3 aromatic rings. The van der Waals surface area contributed by atoms with Crippen molar-refractivity contribution in [3.63, 3.8) is 0 Å². The molecule has 2 N–H and O–H groups in total. The SMILES string of the molecule is CCOc1ccccc1NC(CCNC(=O)c1cccnc1)c1ccccc1. The van der Waals surface area contributed by atoms with E-state index in [4.69, 9.17) is 4.74 Å². The van der Waals surface area contributed by atoms with Gasteiger partial charge in [-0.3, -0.25) is 9.78 Å². The Morgan fingerprint density at radius 2 is 1.82 bits per heavy atom. The van der Waals surface area contributed by atoms with Crippen LogP contribution in [0.15, 0.2) is 79.1 Å². The molecule has 5 nitrogen and oxygen atoms in total. The van der Waals surface area contributed by atoms with Crippen molar-refractivity contribution in [1.29, 1.82) is 0 Å². The van der Waals surface area contributed by atoms with Gasteiger partial charge >= 0.3 is 0 Å². The van der Waals surface area contributed by atoms with Crippen molar-refractivity contribution >= 4 is 11.6 Å². The van der Waals surface area contributed by atoms with E-state index >= 15 is 0 Å². The second-order valence-corrected chi connectivity index (χ2v) is 6.32. The number of para-hydroxylation sites is 2. The van der Waals surface area contributed by atoms with Gasteiger partial charge in [-0.05, 0) is 43.2 Å². The van der Waals surface area contributed by atoms with Crippen LogP contribution in [0.25, 0.3) is 0 Å². The zero-order valence-corrected chi connectivity index (χ0v) is 16.0. The molecule has 1 amide bonds. The van der Waals surface area contributed by atoms with Gasteiger partial charge in [-0.1, -0.05) is 42.5 Å². The van der Waals surface area contributed by atoms with E-state index in [2.05, 4.69) is 27.8 Å². The summed E-state index contributed by atoms with van der Waals surface area (Å²) in [5, 5.41) is 6.55. The Balaban J connectivity index is 1.69. The number of anilines is 1. The van der Waals surface area contributed by atoms with Crippen molar-refractivity contribution in [1.82, 2.24) is 10.3 Å². The smallest absolute Gasteiger partial charge is 0.252 e. The van der Waals surface area contributed by atoms with Gasteiger partial charge in [0.05, 0.1) is 23.9 Å².